The van der Waals surface area contributed by atoms with Crippen LogP contribution in [-0.2, 0) is 0 Å². The maximum atomic E-state index is 12.3. The molecule has 1 unspecified atom stereocenters. The second-order valence-electron chi connectivity index (χ2n) is 4.96. The molecule has 2 rings (SSSR count). The predicted octanol–water partition coefficient (Wildman–Crippen LogP) is 4.43. The molecule has 0 bridgehead atoms. The molecule has 4 heteroatoms. The second kappa shape index (κ2) is 5.93. The minimum Gasteiger partial charge on any atom is -0.346 e. The van der Waals surface area contributed by atoms with E-state index >= 15 is 0 Å². The van der Waals surface area contributed by atoms with E-state index in [1.165, 1.54) is 11.3 Å². The van der Waals surface area contributed by atoms with Gasteiger partial charge in [0.1, 0.15) is 0 Å². The average Bonchev–Trinajstić information content (AvgIpc) is 2.83. The third-order valence-electron chi connectivity index (χ3n) is 3.49. The number of rotatable bonds is 5. The fraction of sp³-hybridized carbons (Fsp3) is 0.400. The molecule has 0 spiro atoms. The van der Waals surface area contributed by atoms with E-state index in [-0.39, 0.29) is 11.4 Å². The van der Waals surface area contributed by atoms with Crippen LogP contribution in [0.5, 0.6) is 0 Å². The number of benzene rings is 1. The van der Waals surface area contributed by atoms with Gasteiger partial charge in [0.05, 0.1) is 4.88 Å². The number of halogens is 1. The Hall–Kier alpha value is -1.06. The summed E-state index contributed by atoms with van der Waals surface area (Å²) in [4.78, 5) is 13.1. The first kappa shape index (κ1) is 14.4. The van der Waals surface area contributed by atoms with E-state index in [2.05, 4.69) is 12.2 Å². The summed E-state index contributed by atoms with van der Waals surface area (Å²) >= 11 is 7.34. The number of hydrogen-bond donors (Lipinski definition) is 1. The van der Waals surface area contributed by atoms with Gasteiger partial charge in [0.2, 0.25) is 0 Å². The molecule has 1 heterocycles. The third-order valence-corrected chi connectivity index (χ3v) is 4.80. The molecule has 19 heavy (non-hydrogen) atoms. The Labute approximate surface area is 122 Å². The van der Waals surface area contributed by atoms with Crippen molar-refractivity contribution in [1.82, 2.24) is 5.32 Å². The van der Waals surface area contributed by atoms with E-state index in [0.717, 1.165) is 27.8 Å². The average molecular weight is 296 g/mol. The summed E-state index contributed by atoms with van der Waals surface area (Å²) in [7, 11) is 0. The largest absolute Gasteiger partial charge is 0.346 e. The number of amides is 1. The summed E-state index contributed by atoms with van der Waals surface area (Å²) in [5, 5.41) is 4.23. The fourth-order valence-corrected chi connectivity index (χ4v) is 3.34. The number of fused-ring (bicyclic) bond motifs is 1. The Balaban J connectivity index is 2.19. The van der Waals surface area contributed by atoms with Gasteiger partial charge in [-0.3, -0.25) is 4.79 Å². The zero-order chi connectivity index (χ0) is 13.9. The van der Waals surface area contributed by atoms with E-state index in [9.17, 15) is 4.79 Å². The van der Waals surface area contributed by atoms with Crippen LogP contribution >= 0.6 is 22.9 Å². The van der Waals surface area contributed by atoms with Crippen LogP contribution in [0.4, 0.5) is 0 Å². The first-order chi connectivity index (χ1) is 9.08. The van der Waals surface area contributed by atoms with Crippen LogP contribution in [0.1, 0.15) is 36.4 Å². The van der Waals surface area contributed by atoms with Gasteiger partial charge in [-0.1, -0.05) is 25.1 Å². The molecule has 0 aliphatic rings. The molecule has 0 saturated carbocycles. The molecule has 0 aliphatic heterocycles. The molecular weight excluding hydrogens is 278 g/mol. The Morgan fingerprint density at radius 1 is 1.42 bits per heavy atom. The Morgan fingerprint density at radius 2 is 2.16 bits per heavy atom. The first-order valence-corrected chi connectivity index (χ1v) is 7.80. The lowest BCUT2D eigenvalue weighted by molar-refractivity contribution is 0.0906. The molecule has 0 radical (unpaired) electrons. The summed E-state index contributed by atoms with van der Waals surface area (Å²) in [6.07, 6.45) is 1.65. The number of hydrogen-bond acceptors (Lipinski definition) is 2. The Kier molecular flexibility index (Phi) is 4.48. The van der Waals surface area contributed by atoms with Gasteiger partial charge in [-0.2, -0.15) is 0 Å². The van der Waals surface area contributed by atoms with Crippen molar-refractivity contribution in [3.63, 3.8) is 0 Å². The molecule has 1 aromatic heterocycles. The van der Waals surface area contributed by atoms with Crippen molar-refractivity contribution in [2.75, 3.05) is 5.88 Å². The SMILES string of the molecule is CCC(C)(CCCl)NC(=O)c1cc2ccccc2s1. The highest BCUT2D eigenvalue weighted by molar-refractivity contribution is 7.20. The summed E-state index contributed by atoms with van der Waals surface area (Å²) in [5.41, 5.74) is -0.227. The summed E-state index contributed by atoms with van der Waals surface area (Å²) in [6.45, 7) is 4.11. The Morgan fingerprint density at radius 3 is 2.79 bits per heavy atom. The fourth-order valence-electron chi connectivity index (χ4n) is 1.97. The van der Waals surface area contributed by atoms with Gasteiger partial charge >= 0.3 is 0 Å². The lowest BCUT2D eigenvalue weighted by Crippen LogP contribution is -2.45. The lowest BCUT2D eigenvalue weighted by Gasteiger charge is -2.28. The van der Waals surface area contributed by atoms with Crippen LogP contribution in [0.25, 0.3) is 10.1 Å². The normalized spacial score (nSPS) is 14.3. The third kappa shape index (κ3) is 3.28. The lowest BCUT2D eigenvalue weighted by atomic mass is 9.95. The Bertz CT molecular complexity index is 547. The van der Waals surface area contributed by atoms with Gasteiger partial charge in [0.15, 0.2) is 0 Å². The number of carbonyl (C=O) groups is 1. The minimum absolute atomic E-state index is 0.00401. The van der Waals surface area contributed by atoms with Gasteiger partial charge < -0.3 is 5.32 Å². The number of carbonyl (C=O) groups excluding carboxylic acids is 1. The van der Waals surface area contributed by atoms with E-state index in [1.54, 1.807) is 0 Å². The standard InChI is InChI=1S/C15H18ClNOS/c1-3-15(2,8-9-16)17-14(18)13-10-11-6-4-5-7-12(11)19-13/h4-7,10H,3,8-9H2,1-2H3,(H,17,18). The van der Waals surface area contributed by atoms with Crippen molar-refractivity contribution in [1.29, 1.82) is 0 Å². The molecule has 0 aliphatic carbocycles. The maximum absolute atomic E-state index is 12.3. The van der Waals surface area contributed by atoms with Crippen molar-refractivity contribution >= 4 is 38.9 Å². The molecule has 0 saturated heterocycles. The van der Waals surface area contributed by atoms with Gasteiger partial charge in [0, 0.05) is 16.1 Å². The topological polar surface area (TPSA) is 29.1 Å². The molecule has 1 amide bonds. The molecule has 1 atom stereocenters. The zero-order valence-electron chi connectivity index (χ0n) is 11.2. The number of nitrogens with one attached hydrogen (secondary N) is 1. The van der Waals surface area contributed by atoms with Crippen molar-refractivity contribution < 1.29 is 4.79 Å². The van der Waals surface area contributed by atoms with E-state index in [1.807, 2.05) is 37.3 Å². The van der Waals surface area contributed by atoms with Crippen LogP contribution in [0, 0.1) is 0 Å². The quantitative estimate of drug-likeness (QED) is 0.812. The van der Waals surface area contributed by atoms with Gasteiger partial charge in [-0.05, 0) is 37.3 Å². The van der Waals surface area contributed by atoms with Crippen molar-refractivity contribution in [2.24, 2.45) is 0 Å². The molecule has 102 valence electrons. The van der Waals surface area contributed by atoms with Crippen molar-refractivity contribution in [3.05, 3.63) is 35.2 Å². The molecule has 2 nitrogen and oxygen atoms in total. The van der Waals surface area contributed by atoms with Gasteiger partial charge in [0.25, 0.3) is 5.91 Å². The molecule has 1 N–H and O–H groups in total. The minimum atomic E-state index is -0.227. The summed E-state index contributed by atoms with van der Waals surface area (Å²) in [5.74, 6) is 0.549. The van der Waals surface area contributed by atoms with E-state index in [4.69, 9.17) is 11.6 Å². The van der Waals surface area contributed by atoms with Crippen LogP contribution in [0.15, 0.2) is 30.3 Å². The van der Waals surface area contributed by atoms with Crippen LogP contribution in [-0.4, -0.2) is 17.3 Å². The molecule has 1 aromatic carbocycles. The number of thiophene rings is 1. The highest BCUT2D eigenvalue weighted by atomic mass is 35.5. The molecule has 0 fully saturated rings. The van der Waals surface area contributed by atoms with Gasteiger partial charge in [-0.25, -0.2) is 0 Å². The highest BCUT2D eigenvalue weighted by Crippen LogP contribution is 2.26. The van der Waals surface area contributed by atoms with Crippen molar-refractivity contribution in [3.8, 4) is 0 Å². The van der Waals surface area contributed by atoms with Crippen LogP contribution in [0.2, 0.25) is 0 Å². The highest BCUT2D eigenvalue weighted by Gasteiger charge is 2.24. The van der Waals surface area contributed by atoms with E-state index in [0.29, 0.717) is 5.88 Å². The predicted molar refractivity (Wildman–Crippen MR) is 83.3 cm³/mol. The summed E-state index contributed by atoms with van der Waals surface area (Å²) in [6, 6.07) is 9.99. The van der Waals surface area contributed by atoms with Crippen LogP contribution < -0.4 is 5.32 Å². The second-order valence-corrected chi connectivity index (χ2v) is 6.42. The summed E-state index contributed by atoms with van der Waals surface area (Å²) < 4.78 is 1.14. The van der Waals surface area contributed by atoms with E-state index < -0.39 is 0 Å². The zero-order valence-corrected chi connectivity index (χ0v) is 12.8. The number of alkyl halides is 1. The molecular formula is C15H18ClNOS. The van der Waals surface area contributed by atoms with Crippen molar-refractivity contribution in [2.45, 2.75) is 32.2 Å². The first-order valence-electron chi connectivity index (χ1n) is 6.45. The monoisotopic (exact) mass is 295 g/mol. The maximum Gasteiger partial charge on any atom is 0.261 e. The smallest absolute Gasteiger partial charge is 0.261 e. The van der Waals surface area contributed by atoms with Crippen LogP contribution in [0.3, 0.4) is 0 Å². The van der Waals surface area contributed by atoms with Gasteiger partial charge in [-0.15, -0.1) is 22.9 Å². The molecule has 2 aromatic rings.